The van der Waals surface area contributed by atoms with Gasteiger partial charge < -0.3 is 29.2 Å². The summed E-state index contributed by atoms with van der Waals surface area (Å²) in [5.41, 5.74) is 5.50. The van der Waals surface area contributed by atoms with Crippen molar-refractivity contribution in [2.75, 3.05) is 32.9 Å². The summed E-state index contributed by atoms with van der Waals surface area (Å²) >= 11 is 0. The molecule has 2 atom stereocenters. The van der Waals surface area contributed by atoms with Crippen LogP contribution in [-0.2, 0) is 25.1 Å². The molecule has 0 amide bonds. The number of imidazole rings is 1. The van der Waals surface area contributed by atoms with Crippen molar-refractivity contribution in [3.63, 3.8) is 0 Å². The standard InChI is InChI=1S/C11H18N5O6P/c1-20-4-7(22-6-23(18,19)21-2)3-16-5-13-8-9(16)14-11(12)15-10(8)17/h5,7H,3-4,6H2,1-2H3,(H,18,19)(H3,12,14,15,17)/t7-/m0/s1. The zero-order valence-electron chi connectivity index (χ0n) is 12.6. The Morgan fingerprint density at radius 1 is 1.52 bits per heavy atom. The minimum atomic E-state index is -3.80. The molecule has 4 N–H and O–H groups in total. The highest BCUT2D eigenvalue weighted by Crippen LogP contribution is 2.40. The Morgan fingerprint density at radius 2 is 2.26 bits per heavy atom. The number of aromatic amines is 1. The van der Waals surface area contributed by atoms with Crippen LogP contribution in [0.3, 0.4) is 0 Å². The van der Waals surface area contributed by atoms with Crippen LogP contribution in [0.4, 0.5) is 5.95 Å². The molecular formula is C11H18N5O6P. The number of aromatic nitrogens is 4. The molecule has 0 aliphatic heterocycles. The number of nitrogen functional groups attached to an aromatic ring is 1. The molecule has 0 aliphatic rings. The van der Waals surface area contributed by atoms with Gasteiger partial charge in [0.15, 0.2) is 11.2 Å². The third-order valence-electron chi connectivity index (χ3n) is 3.00. The third kappa shape index (κ3) is 4.36. The van der Waals surface area contributed by atoms with Gasteiger partial charge in [0.1, 0.15) is 6.35 Å². The van der Waals surface area contributed by atoms with Crippen LogP contribution in [0.5, 0.6) is 0 Å². The van der Waals surface area contributed by atoms with Gasteiger partial charge in [0.05, 0.1) is 25.6 Å². The van der Waals surface area contributed by atoms with Gasteiger partial charge in [-0.15, -0.1) is 0 Å². The first-order valence-corrected chi connectivity index (χ1v) is 8.31. The van der Waals surface area contributed by atoms with Crippen LogP contribution in [0.1, 0.15) is 0 Å². The maximum absolute atomic E-state index is 11.7. The summed E-state index contributed by atoms with van der Waals surface area (Å²) < 4.78 is 27.9. The minimum Gasteiger partial charge on any atom is -0.382 e. The molecule has 0 radical (unpaired) electrons. The topological polar surface area (TPSA) is 155 Å². The maximum atomic E-state index is 11.7. The van der Waals surface area contributed by atoms with Crippen molar-refractivity contribution in [1.82, 2.24) is 19.5 Å². The molecular weight excluding hydrogens is 329 g/mol. The van der Waals surface area contributed by atoms with E-state index in [1.54, 1.807) is 4.57 Å². The van der Waals surface area contributed by atoms with Gasteiger partial charge in [-0.05, 0) is 0 Å². The van der Waals surface area contributed by atoms with E-state index in [4.69, 9.17) is 15.2 Å². The van der Waals surface area contributed by atoms with E-state index < -0.39 is 25.6 Å². The summed E-state index contributed by atoms with van der Waals surface area (Å²) in [6.07, 6.45) is 0.350. The first kappa shape index (κ1) is 17.6. The average molecular weight is 347 g/mol. The predicted molar refractivity (Wildman–Crippen MR) is 81.0 cm³/mol. The smallest absolute Gasteiger partial charge is 0.353 e. The lowest BCUT2D eigenvalue weighted by Crippen LogP contribution is -2.26. The van der Waals surface area contributed by atoms with E-state index in [0.29, 0.717) is 0 Å². The Bertz CT molecular complexity index is 774. The van der Waals surface area contributed by atoms with E-state index in [2.05, 4.69) is 19.5 Å². The van der Waals surface area contributed by atoms with E-state index in [1.165, 1.54) is 13.4 Å². The van der Waals surface area contributed by atoms with Gasteiger partial charge >= 0.3 is 7.60 Å². The first-order chi connectivity index (χ1) is 10.9. The SMILES string of the molecule is COC[C@H](Cn1cnc2c(=O)[nH]c(N)nc21)OCP(=O)(O)OC. The number of fused-ring (bicyclic) bond motifs is 1. The number of hydrogen-bond donors (Lipinski definition) is 3. The van der Waals surface area contributed by atoms with Gasteiger partial charge in [-0.2, -0.15) is 4.98 Å². The molecule has 0 aromatic carbocycles. The number of rotatable bonds is 8. The summed E-state index contributed by atoms with van der Waals surface area (Å²) in [7, 11) is -1.20. The van der Waals surface area contributed by atoms with Gasteiger partial charge in [0, 0.05) is 14.2 Å². The Morgan fingerprint density at radius 3 is 2.91 bits per heavy atom. The van der Waals surface area contributed by atoms with Crippen molar-refractivity contribution in [3.8, 4) is 0 Å². The highest BCUT2D eigenvalue weighted by molar-refractivity contribution is 7.52. The van der Waals surface area contributed by atoms with E-state index in [1.807, 2.05) is 0 Å². The number of anilines is 1. The molecule has 2 rings (SSSR count). The van der Waals surface area contributed by atoms with Crippen molar-refractivity contribution < 1.29 is 23.5 Å². The fourth-order valence-electron chi connectivity index (χ4n) is 1.92. The van der Waals surface area contributed by atoms with Crippen LogP contribution < -0.4 is 11.3 Å². The molecule has 12 heteroatoms. The molecule has 0 aliphatic carbocycles. The fourth-order valence-corrected chi connectivity index (χ4v) is 2.42. The number of nitrogens with zero attached hydrogens (tertiary/aromatic N) is 3. The van der Waals surface area contributed by atoms with E-state index in [9.17, 15) is 14.3 Å². The zero-order valence-corrected chi connectivity index (χ0v) is 13.5. The lowest BCUT2D eigenvalue weighted by atomic mass is 10.3. The highest BCUT2D eigenvalue weighted by atomic mass is 31.2. The lowest BCUT2D eigenvalue weighted by Gasteiger charge is -2.19. The van der Waals surface area contributed by atoms with E-state index in [-0.39, 0.29) is 30.3 Å². The zero-order chi connectivity index (χ0) is 17.0. The molecule has 128 valence electrons. The fraction of sp³-hybridized carbons (Fsp3) is 0.545. The number of H-pyrrole nitrogens is 1. The Labute approximate surface area is 130 Å². The molecule has 2 heterocycles. The molecule has 2 aromatic rings. The predicted octanol–water partition coefficient (Wildman–Crippen LogP) is -0.477. The molecule has 23 heavy (non-hydrogen) atoms. The number of hydrogen-bond acceptors (Lipinski definition) is 8. The van der Waals surface area contributed by atoms with Gasteiger partial charge in [0.2, 0.25) is 5.95 Å². The number of ether oxygens (including phenoxy) is 2. The van der Waals surface area contributed by atoms with Crippen LogP contribution >= 0.6 is 7.60 Å². The van der Waals surface area contributed by atoms with Crippen LogP contribution in [0.15, 0.2) is 11.1 Å². The summed E-state index contributed by atoms with van der Waals surface area (Å²) in [6, 6.07) is 0. The van der Waals surface area contributed by atoms with Crippen LogP contribution in [0, 0.1) is 0 Å². The second-order valence-electron chi connectivity index (χ2n) is 4.71. The quantitative estimate of drug-likeness (QED) is 0.537. The Balaban J connectivity index is 2.20. The lowest BCUT2D eigenvalue weighted by molar-refractivity contribution is 0.00336. The number of nitrogens with two attached hydrogens (primary N) is 1. The normalized spacial score (nSPS) is 15.6. The van der Waals surface area contributed by atoms with Crippen LogP contribution in [0.25, 0.3) is 11.2 Å². The van der Waals surface area contributed by atoms with Gasteiger partial charge in [-0.25, -0.2) is 4.98 Å². The van der Waals surface area contributed by atoms with Crippen LogP contribution in [0.2, 0.25) is 0 Å². The highest BCUT2D eigenvalue weighted by Gasteiger charge is 2.22. The van der Waals surface area contributed by atoms with E-state index in [0.717, 1.165) is 7.11 Å². The summed E-state index contributed by atoms with van der Waals surface area (Å²) in [5.74, 6) is -0.0345. The van der Waals surface area contributed by atoms with Crippen molar-refractivity contribution in [2.45, 2.75) is 12.6 Å². The number of methoxy groups -OCH3 is 1. The van der Waals surface area contributed by atoms with Gasteiger partial charge in [-0.1, -0.05) is 0 Å². The van der Waals surface area contributed by atoms with E-state index >= 15 is 0 Å². The molecule has 2 aromatic heterocycles. The van der Waals surface area contributed by atoms with Crippen LogP contribution in [-0.4, -0.2) is 57.7 Å². The average Bonchev–Trinajstić information content (AvgIpc) is 2.88. The first-order valence-electron chi connectivity index (χ1n) is 6.55. The second kappa shape index (κ2) is 7.20. The molecule has 0 bridgehead atoms. The molecule has 0 fully saturated rings. The second-order valence-corrected chi connectivity index (χ2v) is 6.61. The van der Waals surface area contributed by atoms with Crippen molar-refractivity contribution in [3.05, 3.63) is 16.7 Å². The Hall–Kier alpha value is -1.78. The number of nitrogens with one attached hydrogen (secondary N) is 1. The summed E-state index contributed by atoms with van der Waals surface area (Å²) in [6.45, 7) is 0.353. The monoisotopic (exact) mass is 347 g/mol. The third-order valence-corrected chi connectivity index (χ3v) is 4.05. The van der Waals surface area contributed by atoms with Crippen molar-refractivity contribution in [2.24, 2.45) is 0 Å². The largest absolute Gasteiger partial charge is 0.382 e. The summed E-state index contributed by atoms with van der Waals surface area (Å²) in [4.78, 5) is 31.5. The van der Waals surface area contributed by atoms with Gasteiger partial charge in [0.25, 0.3) is 5.56 Å². The Kier molecular flexibility index (Phi) is 5.50. The molecule has 1 unspecified atom stereocenters. The van der Waals surface area contributed by atoms with Crippen molar-refractivity contribution in [1.29, 1.82) is 0 Å². The summed E-state index contributed by atoms with van der Waals surface area (Å²) in [5, 5.41) is 0. The minimum absolute atomic E-state index is 0.0345. The maximum Gasteiger partial charge on any atom is 0.353 e. The molecule has 0 spiro atoms. The molecule has 11 nitrogen and oxygen atoms in total. The van der Waals surface area contributed by atoms with Crippen molar-refractivity contribution >= 4 is 24.7 Å². The molecule has 0 saturated heterocycles. The molecule has 0 saturated carbocycles. The van der Waals surface area contributed by atoms with Gasteiger partial charge in [-0.3, -0.25) is 14.3 Å².